The van der Waals surface area contributed by atoms with Crippen molar-refractivity contribution < 1.29 is 4.79 Å². The molecular weight excluding hydrogens is 232 g/mol. The molecule has 0 N–H and O–H groups in total. The molecule has 2 aromatic rings. The Morgan fingerprint density at radius 2 is 1.58 bits per heavy atom. The fourth-order valence-electron chi connectivity index (χ4n) is 2.42. The molecule has 1 nitrogen and oxygen atoms in total. The summed E-state index contributed by atoms with van der Waals surface area (Å²) in [7, 11) is 0. The number of hydrogen-bond acceptors (Lipinski definition) is 1. The van der Waals surface area contributed by atoms with Gasteiger partial charge in [-0.15, -0.1) is 0 Å². The van der Waals surface area contributed by atoms with Gasteiger partial charge in [0, 0.05) is 0 Å². The zero-order valence-electron chi connectivity index (χ0n) is 11.8. The fourth-order valence-corrected chi connectivity index (χ4v) is 2.42. The molecule has 0 aliphatic heterocycles. The molecule has 2 unspecified atom stereocenters. The zero-order chi connectivity index (χ0) is 13.9. The van der Waals surface area contributed by atoms with Gasteiger partial charge in [-0.2, -0.15) is 0 Å². The molecule has 2 atom stereocenters. The molecule has 0 amide bonds. The van der Waals surface area contributed by atoms with Gasteiger partial charge in [-0.05, 0) is 30.9 Å². The highest BCUT2D eigenvalue weighted by molar-refractivity contribution is 5.70. The van der Waals surface area contributed by atoms with E-state index in [-0.39, 0.29) is 5.92 Å². The highest BCUT2D eigenvalue weighted by Crippen LogP contribution is 2.37. The van der Waals surface area contributed by atoms with Gasteiger partial charge in [-0.25, -0.2) is 0 Å². The molecule has 0 aromatic heterocycles. The van der Waals surface area contributed by atoms with Gasteiger partial charge in [0.1, 0.15) is 6.29 Å². The smallest absolute Gasteiger partial charge is 0.130 e. The van der Waals surface area contributed by atoms with Crippen molar-refractivity contribution in [2.24, 2.45) is 0 Å². The second-order valence-corrected chi connectivity index (χ2v) is 5.40. The van der Waals surface area contributed by atoms with Gasteiger partial charge < -0.3 is 4.79 Å². The minimum atomic E-state index is -0.490. The summed E-state index contributed by atoms with van der Waals surface area (Å²) in [5, 5.41) is 0. The molecule has 0 heterocycles. The van der Waals surface area contributed by atoms with Gasteiger partial charge in [-0.3, -0.25) is 0 Å². The Morgan fingerprint density at radius 3 is 2.11 bits per heavy atom. The van der Waals surface area contributed by atoms with Crippen molar-refractivity contribution in [3.8, 4) is 0 Å². The first kappa shape index (κ1) is 13.5. The third kappa shape index (κ3) is 2.60. The van der Waals surface area contributed by atoms with E-state index in [0.717, 1.165) is 11.8 Å². The minimum Gasteiger partial charge on any atom is -0.302 e. The first-order chi connectivity index (χ1) is 9.08. The van der Waals surface area contributed by atoms with Crippen LogP contribution in [-0.4, -0.2) is 6.29 Å². The zero-order valence-corrected chi connectivity index (χ0v) is 11.8. The molecular formula is C18H20O. The number of benzene rings is 2. The van der Waals surface area contributed by atoms with Gasteiger partial charge in [0.15, 0.2) is 0 Å². The van der Waals surface area contributed by atoms with Crippen molar-refractivity contribution in [2.45, 2.75) is 32.1 Å². The number of carbonyl (C=O) groups is 1. The summed E-state index contributed by atoms with van der Waals surface area (Å²) in [5.74, 6) is 0.146. The Kier molecular flexibility index (Phi) is 3.84. The quantitative estimate of drug-likeness (QED) is 0.743. The minimum absolute atomic E-state index is 0.146. The van der Waals surface area contributed by atoms with Crippen molar-refractivity contribution in [1.82, 2.24) is 0 Å². The summed E-state index contributed by atoms with van der Waals surface area (Å²) in [6.07, 6.45) is 1.08. The predicted octanol–water partition coefficient (Wildman–Crippen LogP) is 4.26. The second-order valence-electron chi connectivity index (χ2n) is 5.40. The molecule has 0 aliphatic rings. The summed E-state index contributed by atoms with van der Waals surface area (Å²) < 4.78 is 0. The second kappa shape index (κ2) is 5.40. The normalized spacial score (nSPS) is 15.5. The molecule has 0 radical (unpaired) electrons. The van der Waals surface area contributed by atoms with Crippen molar-refractivity contribution in [2.75, 3.05) is 0 Å². The van der Waals surface area contributed by atoms with Crippen LogP contribution in [0.5, 0.6) is 0 Å². The maximum Gasteiger partial charge on any atom is 0.130 e. The lowest BCUT2D eigenvalue weighted by Crippen LogP contribution is -2.30. The number of hydrogen-bond donors (Lipinski definition) is 0. The van der Waals surface area contributed by atoms with Crippen molar-refractivity contribution in [1.29, 1.82) is 0 Å². The maximum atomic E-state index is 11.7. The lowest BCUT2D eigenvalue weighted by atomic mass is 9.71. The van der Waals surface area contributed by atoms with E-state index < -0.39 is 5.41 Å². The number of aryl methyl sites for hydroxylation is 1. The molecule has 0 saturated carbocycles. The molecule has 2 aromatic carbocycles. The summed E-state index contributed by atoms with van der Waals surface area (Å²) in [4.78, 5) is 11.7. The number of rotatable bonds is 4. The van der Waals surface area contributed by atoms with Crippen molar-refractivity contribution in [3.63, 3.8) is 0 Å². The SMILES string of the molecule is Cc1ccc(C(C)C(C)(C=O)c2ccccc2)cc1. The van der Waals surface area contributed by atoms with E-state index in [1.54, 1.807) is 0 Å². The van der Waals surface area contributed by atoms with Crippen LogP contribution in [0.25, 0.3) is 0 Å². The van der Waals surface area contributed by atoms with Gasteiger partial charge in [-0.1, -0.05) is 67.1 Å². The monoisotopic (exact) mass is 252 g/mol. The van der Waals surface area contributed by atoms with Gasteiger partial charge >= 0.3 is 0 Å². The van der Waals surface area contributed by atoms with Gasteiger partial charge in [0.05, 0.1) is 5.41 Å². The highest BCUT2D eigenvalue weighted by atomic mass is 16.1. The third-order valence-corrected chi connectivity index (χ3v) is 4.12. The number of aldehydes is 1. The fraction of sp³-hybridized carbons (Fsp3) is 0.278. The predicted molar refractivity (Wildman–Crippen MR) is 79.5 cm³/mol. The molecule has 19 heavy (non-hydrogen) atoms. The van der Waals surface area contributed by atoms with Crippen LogP contribution in [-0.2, 0) is 10.2 Å². The van der Waals surface area contributed by atoms with Crippen LogP contribution in [0.2, 0.25) is 0 Å². The Hall–Kier alpha value is -1.89. The average molecular weight is 252 g/mol. The van der Waals surface area contributed by atoms with Crippen LogP contribution in [0, 0.1) is 6.92 Å². The summed E-state index contributed by atoms with van der Waals surface area (Å²) in [6, 6.07) is 18.4. The van der Waals surface area contributed by atoms with E-state index in [0.29, 0.717) is 0 Å². The van der Waals surface area contributed by atoms with E-state index in [1.165, 1.54) is 11.1 Å². The van der Waals surface area contributed by atoms with Gasteiger partial charge in [0.2, 0.25) is 0 Å². The summed E-state index contributed by atoms with van der Waals surface area (Å²) >= 11 is 0. The Morgan fingerprint density at radius 1 is 1.00 bits per heavy atom. The summed E-state index contributed by atoms with van der Waals surface area (Å²) in [6.45, 7) is 6.20. The third-order valence-electron chi connectivity index (χ3n) is 4.12. The Bertz CT molecular complexity index is 542. The van der Waals surface area contributed by atoms with Crippen molar-refractivity contribution in [3.05, 3.63) is 71.3 Å². The lowest BCUT2D eigenvalue weighted by Gasteiger charge is -2.31. The lowest BCUT2D eigenvalue weighted by molar-refractivity contribution is -0.112. The molecule has 0 saturated heterocycles. The highest BCUT2D eigenvalue weighted by Gasteiger charge is 2.33. The van der Waals surface area contributed by atoms with Crippen LogP contribution < -0.4 is 0 Å². The largest absolute Gasteiger partial charge is 0.302 e. The first-order valence-corrected chi connectivity index (χ1v) is 6.66. The average Bonchev–Trinajstić information content (AvgIpc) is 2.47. The maximum absolute atomic E-state index is 11.7. The molecule has 2 rings (SSSR count). The van der Waals surface area contributed by atoms with E-state index in [9.17, 15) is 4.79 Å². The number of carbonyl (C=O) groups excluding carboxylic acids is 1. The molecule has 1 heteroatoms. The first-order valence-electron chi connectivity index (χ1n) is 6.66. The Labute approximate surface area is 115 Å². The Balaban J connectivity index is 2.41. The molecule has 0 bridgehead atoms. The van der Waals surface area contributed by atoms with Crippen LogP contribution >= 0.6 is 0 Å². The molecule has 98 valence electrons. The van der Waals surface area contributed by atoms with E-state index in [2.05, 4.69) is 38.1 Å². The molecule has 0 fully saturated rings. The molecule has 0 spiro atoms. The van der Waals surface area contributed by atoms with Crippen LogP contribution in [0.1, 0.15) is 36.5 Å². The standard InChI is InChI=1S/C18H20O/c1-14-9-11-16(12-10-14)15(2)18(3,13-19)17-7-5-4-6-8-17/h4-13,15H,1-3H3. The van der Waals surface area contributed by atoms with E-state index in [4.69, 9.17) is 0 Å². The van der Waals surface area contributed by atoms with E-state index in [1.807, 2.05) is 37.3 Å². The van der Waals surface area contributed by atoms with Crippen LogP contribution in [0.4, 0.5) is 0 Å². The van der Waals surface area contributed by atoms with Crippen molar-refractivity contribution >= 4 is 6.29 Å². The molecule has 0 aliphatic carbocycles. The summed E-state index contributed by atoms with van der Waals surface area (Å²) in [5.41, 5.74) is 3.02. The van der Waals surface area contributed by atoms with Gasteiger partial charge in [0.25, 0.3) is 0 Å². The van der Waals surface area contributed by atoms with Crippen LogP contribution in [0.3, 0.4) is 0 Å². The van der Waals surface area contributed by atoms with E-state index >= 15 is 0 Å². The van der Waals surface area contributed by atoms with Crippen LogP contribution in [0.15, 0.2) is 54.6 Å². The topological polar surface area (TPSA) is 17.1 Å².